The van der Waals surface area contributed by atoms with E-state index in [4.69, 9.17) is 16.7 Å². The maximum absolute atomic E-state index is 12.0. The van der Waals surface area contributed by atoms with Crippen LogP contribution < -0.4 is 10.9 Å². The molecule has 1 atom stereocenters. The minimum absolute atomic E-state index is 0.160. The third kappa shape index (κ3) is 4.84. The maximum Gasteiger partial charge on any atom is 0.287 e. The number of nitrogens with zero attached hydrogens (tertiary/aromatic N) is 2. The first-order chi connectivity index (χ1) is 9.10. The summed E-state index contributed by atoms with van der Waals surface area (Å²) < 4.78 is 1.40. The molecule has 0 fully saturated rings. The molecule has 0 aromatic carbocycles. The van der Waals surface area contributed by atoms with E-state index < -0.39 is 0 Å². The number of rotatable bonds is 8. The van der Waals surface area contributed by atoms with E-state index in [2.05, 4.69) is 17.3 Å². The van der Waals surface area contributed by atoms with Crippen LogP contribution >= 0.6 is 11.6 Å². The first-order valence-electron chi connectivity index (χ1n) is 6.70. The van der Waals surface area contributed by atoms with Gasteiger partial charge in [-0.1, -0.05) is 31.9 Å². The zero-order valence-electron chi connectivity index (χ0n) is 11.5. The molecule has 0 saturated carbocycles. The number of halogens is 1. The Bertz CT molecular complexity index is 448. The van der Waals surface area contributed by atoms with Crippen molar-refractivity contribution in [2.75, 3.05) is 18.5 Å². The molecule has 0 aliphatic rings. The zero-order valence-corrected chi connectivity index (χ0v) is 12.3. The largest absolute Gasteiger partial charge is 0.396 e. The highest BCUT2D eigenvalue weighted by molar-refractivity contribution is 6.32. The number of hydrogen-bond acceptors (Lipinski definition) is 4. The van der Waals surface area contributed by atoms with Crippen molar-refractivity contribution in [1.82, 2.24) is 9.78 Å². The number of hydrogen-bond donors (Lipinski definition) is 2. The zero-order chi connectivity index (χ0) is 14.3. The molecule has 6 heteroatoms. The van der Waals surface area contributed by atoms with Gasteiger partial charge in [0.1, 0.15) is 5.02 Å². The lowest BCUT2D eigenvalue weighted by Crippen LogP contribution is -2.25. The molecule has 1 aromatic rings. The van der Waals surface area contributed by atoms with Gasteiger partial charge in [-0.2, -0.15) is 5.10 Å². The predicted molar refractivity (Wildman–Crippen MR) is 77.8 cm³/mol. The molecule has 1 aromatic heterocycles. The first kappa shape index (κ1) is 16.0. The Morgan fingerprint density at radius 3 is 2.95 bits per heavy atom. The molecule has 1 rings (SSSR count). The van der Waals surface area contributed by atoms with E-state index in [1.165, 1.54) is 4.68 Å². The standard InChI is InChI=1S/C13H22ClN3O2/c1-3-4-6-17-13(19)12(14)11(9-16-17)15-8-10(2)5-7-18/h9-10,15,18H,3-8H2,1-2H3. The molecular formula is C13H22ClN3O2. The second-order valence-electron chi connectivity index (χ2n) is 4.75. The summed E-state index contributed by atoms with van der Waals surface area (Å²) in [5.74, 6) is 0.309. The van der Waals surface area contributed by atoms with Gasteiger partial charge < -0.3 is 10.4 Å². The fourth-order valence-corrected chi connectivity index (χ4v) is 1.88. The van der Waals surface area contributed by atoms with Crippen LogP contribution in [0.3, 0.4) is 0 Å². The molecule has 5 nitrogen and oxygen atoms in total. The summed E-state index contributed by atoms with van der Waals surface area (Å²) in [7, 11) is 0. The summed E-state index contributed by atoms with van der Waals surface area (Å²) >= 11 is 6.05. The van der Waals surface area contributed by atoms with Crippen LogP contribution in [0.5, 0.6) is 0 Å². The quantitative estimate of drug-likeness (QED) is 0.769. The molecule has 2 N–H and O–H groups in total. The number of anilines is 1. The van der Waals surface area contributed by atoms with Crippen LogP contribution in [0.25, 0.3) is 0 Å². The molecule has 0 bridgehead atoms. The fraction of sp³-hybridized carbons (Fsp3) is 0.692. The van der Waals surface area contributed by atoms with Crippen molar-refractivity contribution in [3.63, 3.8) is 0 Å². The summed E-state index contributed by atoms with van der Waals surface area (Å²) in [6.45, 7) is 5.49. The van der Waals surface area contributed by atoms with E-state index in [1.54, 1.807) is 6.20 Å². The van der Waals surface area contributed by atoms with Crippen molar-refractivity contribution in [2.45, 2.75) is 39.7 Å². The molecule has 0 radical (unpaired) electrons. The lowest BCUT2D eigenvalue weighted by atomic mass is 10.1. The van der Waals surface area contributed by atoms with Crippen LogP contribution in [0.1, 0.15) is 33.1 Å². The van der Waals surface area contributed by atoms with E-state index in [0.29, 0.717) is 31.1 Å². The summed E-state index contributed by atoms with van der Waals surface area (Å²) in [5.41, 5.74) is 0.305. The van der Waals surface area contributed by atoms with Crippen LogP contribution in [0.2, 0.25) is 5.02 Å². The van der Waals surface area contributed by atoms with E-state index >= 15 is 0 Å². The monoisotopic (exact) mass is 287 g/mol. The highest BCUT2D eigenvalue weighted by atomic mass is 35.5. The van der Waals surface area contributed by atoms with Gasteiger partial charge in [0.15, 0.2) is 0 Å². The van der Waals surface area contributed by atoms with Crippen LogP contribution in [-0.2, 0) is 6.54 Å². The molecule has 19 heavy (non-hydrogen) atoms. The van der Waals surface area contributed by atoms with E-state index in [9.17, 15) is 4.79 Å². The predicted octanol–water partition coefficient (Wildman–Crippen LogP) is 2.13. The number of aliphatic hydroxyl groups is 1. The van der Waals surface area contributed by atoms with Gasteiger partial charge in [0.2, 0.25) is 0 Å². The Kier molecular flexibility index (Phi) is 6.87. The number of aryl methyl sites for hydroxylation is 1. The van der Waals surface area contributed by atoms with Gasteiger partial charge in [-0.3, -0.25) is 4.79 Å². The van der Waals surface area contributed by atoms with Gasteiger partial charge in [-0.25, -0.2) is 4.68 Å². The van der Waals surface area contributed by atoms with E-state index in [-0.39, 0.29) is 17.2 Å². The van der Waals surface area contributed by atoms with Crippen molar-refractivity contribution >= 4 is 17.3 Å². The van der Waals surface area contributed by atoms with Gasteiger partial charge in [0.05, 0.1) is 11.9 Å². The van der Waals surface area contributed by atoms with Crippen molar-refractivity contribution < 1.29 is 5.11 Å². The molecular weight excluding hydrogens is 266 g/mol. The highest BCUT2D eigenvalue weighted by Gasteiger charge is 2.10. The minimum atomic E-state index is -0.255. The van der Waals surface area contributed by atoms with Gasteiger partial charge in [0, 0.05) is 19.7 Å². The van der Waals surface area contributed by atoms with Gasteiger partial charge >= 0.3 is 0 Å². The maximum atomic E-state index is 12.0. The Morgan fingerprint density at radius 2 is 2.32 bits per heavy atom. The Labute approximate surface area is 118 Å². The van der Waals surface area contributed by atoms with Crippen molar-refractivity contribution in [2.24, 2.45) is 5.92 Å². The number of nitrogens with one attached hydrogen (secondary N) is 1. The van der Waals surface area contributed by atoms with Crippen LogP contribution in [0.4, 0.5) is 5.69 Å². The molecule has 0 amide bonds. The molecule has 108 valence electrons. The molecule has 0 saturated heterocycles. The Balaban J connectivity index is 2.71. The fourth-order valence-electron chi connectivity index (χ4n) is 1.66. The SMILES string of the molecule is CCCCn1ncc(NCC(C)CCO)c(Cl)c1=O. The molecule has 0 spiro atoms. The van der Waals surface area contributed by atoms with E-state index in [0.717, 1.165) is 12.8 Å². The molecule has 1 unspecified atom stereocenters. The van der Waals surface area contributed by atoms with Gasteiger partial charge in [-0.15, -0.1) is 0 Å². The highest BCUT2D eigenvalue weighted by Crippen LogP contribution is 2.16. The minimum Gasteiger partial charge on any atom is -0.396 e. The number of unbranched alkanes of at least 4 members (excludes halogenated alkanes) is 1. The summed E-state index contributed by atoms with van der Waals surface area (Å²) in [6, 6.07) is 0. The second-order valence-corrected chi connectivity index (χ2v) is 5.13. The number of aromatic nitrogens is 2. The Morgan fingerprint density at radius 1 is 1.58 bits per heavy atom. The first-order valence-corrected chi connectivity index (χ1v) is 7.08. The normalized spacial score (nSPS) is 12.4. The van der Waals surface area contributed by atoms with Crippen molar-refractivity contribution in [3.8, 4) is 0 Å². The second kappa shape index (κ2) is 8.17. The molecule has 0 aliphatic heterocycles. The lowest BCUT2D eigenvalue weighted by Gasteiger charge is -2.13. The van der Waals surface area contributed by atoms with Crippen LogP contribution in [-0.4, -0.2) is 28.0 Å². The van der Waals surface area contributed by atoms with Gasteiger partial charge in [-0.05, 0) is 18.8 Å². The molecule has 0 aliphatic carbocycles. The summed E-state index contributed by atoms with van der Waals surface area (Å²) in [6.07, 6.45) is 4.21. The third-order valence-corrected chi connectivity index (χ3v) is 3.34. The molecule has 1 heterocycles. The smallest absolute Gasteiger partial charge is 0.287 e. The topological polar surface area (TPSA) is 67.2 Å². The van der Waals surface area contributed by atoms with Crippen LogP contribution in [0.15, 0.2) is 11.0 Å². The third-order valence-electron chi connectivity index (χ3n) is 2.97. The average molecular weight is 288 g/mol. The van der Waals surface area contributed by atoms with Gasteiger partial charge in [0.25, 0.3) is 5.56 Å². The lowest BCUT2D eigenvalue weighted by molar-refractivity contribution is 0.266. The van der Waals surface area contributed by atoms with Crippen molar-refractivity contribution in [3.05, 3.63) is 21.6 Å². The Hall–Kier alpha value is -1.07. The number of aliphatic hydroxyl groups excluding tert-OH is 1. The van der Waals surface area contributed by atoms with Crippen molar-refractivity contribution in [1.29, 1.82) is 0 Å². The van der Waals surface area contributed by atoms with E-state index in [1.807, 2.05) is 6.92 Å². The summed E-state index contributed by atoms with van der Waals surface area (Å²) in [5, 5.41) is 16.2. The summed E-state index contributed by atoms with van der Waals surface area (Å²) in [4.78, 5) is 12.0. The van der Waals surface area contributed by atoms with Crippen LogP contribution in [0, 0.1) is 5.92 Å². The average Bonchev–Trinajstić information content (AvgIpc) is 2.40.